The minimum Gasteiger partial charge on any atom is -0.352 e. The van der Waals surface area contributed by atoms with Gasteiger partial charge in [-0.3, -0.25) is 4.90 Å². The minimum absolute atomic E-state index is 0.286. The molecule has 0 amide bonds. The maximum Gasteiger partial charge on any atom is 0.416 e. The lowest BCUT2D eigenvalue weighted by Crippen LogP contribution is -2.46. The molecule has 2 heterocycles. The second-order valence-electron chi connectivity index (χ2n) is 5.80. The van der Waals surface area contributed by atoms with E-state index in [0.29, 0.717) is 44.1 Å². The summed E-state index contributed by atoms with van der Waals surface area (Å²) in [5.41, 5.74) is 0.302. The van der Waals surface area contributed by atoms with Crippen molar-refractivity contribution in [2.75, 3.05) is 31.1 Å². The number of halogens is 3. The first-order chi connectivity index (χ1) is 12.0. The van der Waals surface area contributed by atoms with Gasteiger partial charge in [-0.2, -0.15) is 18.4 Å². The van der Waals surface area contributed by atoms with Crippen LogP contribution in [0.15, 0.2) is 36.7 Å². The van der Waals surface area contributed by atoms with E-state index in [4.69, 9.17) is 5.26 Å². The number of anilines is 1. The van der Waals surface area contributed by atoms with E-state index in [9.17, 15) is 13.2 Å². The number of nitriles is 1. The zero-order valence-electron chi connectivity index (χ0n) is 13.4. The molecule has 0 atom stereocenters. The van der Waals surface area contributed by atoms with Gasteiger partial charge in [0.1, 0.15) is 6.07 Å². The molecule has 2 aromatic rings. The molecular weight excluding hydrogens is 331 g/mol. The predicted molar refractivity (Wildman–Crippen MR) is 85.7 cm³/mol. The highest BCUT2D eigenvalue weighted by atomic mass is 19.4. The van der Waals surface area contributed by atoms with E-state index in [-0.39, 0.29) is 5.69 Å². The summed E-state index contributed by atoms with van der Waals surface area (Å²) in [6, 6.07) is 7.45. The van der Waals surface area contributed by atoms with Crippen LogP contribution in [-0.4, -0.2) is 41.0 Å². The summed E-state index contributed by atoms with van der Waals surface area (Å²) < 4.78 is 38.4. The Morgan fingerprint density at radius 3 is 2.48 bits per heavy atom. The molecule has 1 aromatic heterocycles. The van der Waals surface area contributed by atoms with Crippen LogP contribution in [0.2, 0.25) is 0 Å². The summed E-state index contributed by atoms with van der Waals surface area (Å²) in [6.07, 6.45) is -1.30. The van der Waals surface area contributed by atoms with Gasteiger partial charge in [-0.05, 0) is 11.6 Å². The smallest absolute Gasteiger partial charge is 0.352 e. The summed E-state index contributed by atoms with van der Waals surface area (Å²) in [6.45, 7) is 3.11. The molecule has 1 aliphatic rings. The second-order valence-corrected chi connectivity index (χ2v) is 5.80. The lowest BCUT2D eigenvalue weighted by Gasteiger charge is -2.35. The van der Waals surface area contributed by atoms with E-state index in [1.165, 1.54) is 18.3 Å². The number of aromatic nitrogens is 2. The molecule has 1 saturated heterocycles. The molecule has 0 N–H and O–H groups in total. The Hall–Kier alpha value is -2.66. The molecule has 3 rings (SSSR count). The van der Waals surface area contributed by atoms with Crippen molar-refractivity contribution >= 4 is 5.82 Å². The molecule has 0 saturated carbocycles. The largest absolute Gasteiger partial charge is 0.416 e. The number of alkyl halides is 3. The second kappa shape index (κ2) is 7.07. The average Bonchev–Trinajstić information content (AvgIpc) is 2.62. The maximum atomic E-state index is 12.8. The van der Waals surface area contributed by atoms with E-state index in [2.05, 4.69) is 14.9 Å². The highest BCUT2D eigenvalue weighted by Crippen LogP contribution is 2.29. The standard InChI is InChI=1S/C17H16F3N5/c18-17(19,20)14-3-1-2-13(10-14)12-24-6-8-25(9-7-24)16-15(11-21)22-4-5-23-16/h1-5,10H,6-9,12H2. The Bertz CT molecular complexity index is 776. The van der Waals surface area contributed by atoms with E-state index in [1.54, 1.807) is 12.3 Å². The van der Waals surface area contributed by atoms with Crippen molar-refractivity contribution in [1.29, 1.82) is 5.26 Å². The Kier molecular flexibility index (Phi) is 4.86. The van der Waals surface area contributed by atoms with Gasteiger partial charge in [0.15, 0.2) is 11.5 Å². The monoisotopic (exact) mass is 347 g/mol. The third-order valence-corrected chi connectivity index (χ3v) is 4.12. The lowest BCUT2D eigenvalue weighted by molar-refractivity contribution is -0.137. The van der Waals surface area contributed by atoms with Crippen LogP contribution in [-0.2, 0) is 12.7 Å². The van der Waals surface area contributed by atoms with Crippen LogP contribution in [0.5, 0.6) is 0 Å². The van der Waals surface area contributed by atoms with E-state index >= 15 is 0 Å². The van der Waals surface area contributed by atoms with Gasteiger partial charge < -0.3 is 4.90 Å². The fourth-order valence-corrected chi connectivity index (χ4v) is 2.86. The van der Waals surface area contributed by atoms with Crippen LogP contribution in [0.3, 0.4) is 0 Å². The Morgan fingerprint density at radius 2 is 1.80 bits per heavy atom. The van der Waals surface area contributed by atoms with Crippen LogP contribution in [0, 0.1) is 11.3 Å². The molecule has 0 bridgehead atoms. The normalized spacial score (nSPS) is 15.8. The van der Waals surface area contributed by atoms with Crippen molar-refractivity contribution < 1.29 is 13.2 Å². The van der Waals surface area contributed by atoms with E-state index in [0.717, 1.165) is 6.07 Å². The van der Waals surface area contributed by atoms with Crippen molar-refractivity contribution in [3.05, 3.63) is 53.5 Å². The zero-order valence-corrected chi connectivity index (χ0v) is 13.4. The molecule has 130 valence electrons. The van der Waals surface area contributed by atoms with Gasteiger partial charge in [-0.15, -0.1) is 0 Å². The molecule has 0 radical (unpaired) electrons. The Morgan fingerprint density at radius 1 is 1.08 bits per heavy atom. The fraction of sp³-hybridized carbons (Fsp3) is 0.353. The molecule has 25 heavy (non-hydrogen) atoms. The Balaban J connectivity index is 1.63. The molecule has 0 aliphatic carbocycles. The van der Waals surface area contributed by atoms with Gasteiger partial charge in [0.25, 0.3) is 0 Å². The van der Waals surface area contributed by atoms with Crippen molar-refractivity contribution in [1.82, 2.24) is 14.9 Å². The number of benzene rings is 1. The average molecular weight is 347 g/mol. The maximum absolute atomic E-state index is 12.8. The molecule has 1 aliphatic heterocycles. The SMILES string of the molecule is N#Cc1nccnc1N1CCN(Cc2cccc(C(F)(F)F)c2)CC1. The third kappa shape index (κ3) is 4.06. The van der Waals surface area contributed by atoms with Crippen molar-refractivity contribution in [2.45, 2.75) is 12.7 Å². The van der Waals surface area contributed by atoms with Gasteiger partial charge in [-0.1, -0.05) is 18.2 Å². The number of rotatable bonds is 3. The highest BCUT2D eigenvalue weighted by Gasteiger charge is 2.30. The minimum atomic E-state index is -4.33. The van der Waals surface area contributed by atoms with E-state index in [1.807, 2.05) is 11.0 Å². The van der Waals surface area contributed by atoms with E-state index < -0.39 is 11.7 Å². The summed E-state index contributed by atoms with van der Waals surface area (Å²) in [4.78, 5) is 12.3. The van der Waals surface area contributed by atoms with Gasteiger partial charge in [0.2, 0.25) is 0 Å². The Labute approximate surface area is 143 Å². The summed E-state index contributed by atoms with van der Waals surface area (Å²) in [5.74, 6) is 0.559. The summed E-state index contributed by atoms with van der Waals surface area (Å²) in [7, 11) is 0. The number of hydrogen-bond acceptors (Lipinski definition) is 5. The first-order valence-electron chi connectivity index (χ1n) is 7.82. The van der Waals surface area contributed by atoms with Gasteiger partial charge in [0, 0.05) is 45.1 Å². The summed E-state index contributed by atoms with van der Waals surface area (Å²) >= 11 is 0. The molecule has 0 spiro atoms. The summed E-state index contributed by atoms with van der Waals surface area (Å²) in [5, 5.41) is 9.11. The molecule has 5 nitrogen and oxygen atoms in total. The third-order valence-electron chi connectivity index (χ3n) is 4.12. The highest BCUT2D eigenvalue weighted by molar-refractivity contribution is 5.49. The molecular formula is C17H16F3N5. The van der Waals surface area contributed by atoms with Gasteiger partial charge in [-0.25, -0.2) is 9.97 Å². The van der Waals surface area contributed by atoms with Gasteiger partial charge in [0.05, 0.1) is 5.56 Å². The number of piperazine rings is 1. The van der Waals surface area contributed by atoms with Gasteiger partial charge >= 0.3 is 6.18 Å². The quantitative estimate of drug-likeness (QED) is 0.854. The van der Waals surface area contributed by atoms with Crippen LogP contribution in [0.4, 0.5) is 19.0 Å². The first-order valence-corrected chi connectivity index (χ1v) is 7.82. The van der Waals surface area contributed by atoms with Crippen molar-refractivity contribution in [3.8, 4) is 6.07 Å². The molecule has 0 unspecified atom stereocenters. The van der Waals surface area contributed by atoms with Crippen LogP contribution < -0.4 is 4.90 Å². The predicted octanol–water partition coefficient (Wildman–Crippen LogP) is 2.69. The van der Waals surface area contributed by atoms with Crippen LogP contribution in [0.25, 0.3) is 0 Å². The number of hydrogen-bond donors (Lipinski definition) is 0. The topological polar surface area (TPSA) is 56.1 Å². The van der Waals surface area contributed by atoms with Crippen LogP contribution >= 0.6 is 0 Å². The molecule has 8 heteroatoms. The number of nitrogens with zero attached hydrogens (tertiary/aromatic N) is 5. The lowest BCUT2D eigenvalue weighted by atomic mass is 10.1. The molecule has 1 aromatic carbocycles. The first kappa shape index (κ1) is 17.2. The zero-order chi connectivity index (χ0) is 17.9. The molecule has 1 fully saturated rings. The fourth-order valence-electron chi connectivity index (χ4n) is 2.86. The van der Waals surface area contributed by atoms with Crippen LogP contribution in [0.1, 0.15) is 16.8 Å². The van der Waals surface area contributed by atoms with Crippen molar-refractivity contribution in [3.63, 3.8) is 0 Å². The van der Waals surface area contributed by atoms with Crippen molar-refractivity contribution in [2.24, 2.45) is 0 Å².